The topological polar surface area (TPSA) is 131 Å². The standard InChI is InChI=1S/C18H15F5N8O2/c1-7-3-11-25-5-10-13(31(11)29-7)17(2,18(21,22)23)6-30(10)16(33)26-8-4-9(14(19)20)27-28-12(8)15(24)32/h3-5,14H,6H2,1-2H3,(H2,24,32)(H,26,27,33)/t17-/m1/s1. The van der Waals surface area contributed by atoms with Crippen LogP contribution in [0, 0.1) is 6.92 Å². The van der Waals surface area contributed by atoms with E-state index in [1.807, 2.05) is 0 Å². The maximum atomic E-state index is 14.2. The smallest absolute Gasteiger partial charge is 0.364 e. The minimum atomic E-state index is -4.79. The lowest BCUT2D eigenvalue weighted by Crippen LogP contribution is -2.46. The summed E-state index contributed by atoms with van der Waals surface area (Å²) >= 11 is 0. The minimum absolute atomic E-state index is 0.153. The monoisotopic (exact) mass is 470 g/mol. The Morgan fingerprint density at radius 3 is 2.55 bits per heavy atom. The summed E-state index contributed by atoms with van der Waals surface area (Å²) in [5.74, 6) is -1.18. The van der Waals surface area contributed by atoms with Crippen molar-refractivity contribution in [3.8, 4) is 0 Å². The number of hydrogen-bond donors (Lipinski definition) is 2. The number of carbonyl (C=O) groups is 2. The van der Waals surface area contributed by atoms with Crippen LogP contribution in [0.3, 0.4) is 0 Å². The van der Waals surface area contributed by atoms with E-state index >= 15 is 0 Å². The molecule has 1 aliphatic heterocycles. The van der Waals surface area contributed by atoms with E-state index in [1.54, 1.807) is 6.92 Å². The molecule has 1 atom stereocenters. The molecule has 3 amide bonds. The molecule has 0 spiro atoms. The van der Waals surface area contributed by atoms with E-state index in [4.69, 9.17) is 5.73 Å². The highest BCUT2D eigenvalue weighted by Crippen LogP contribution is 2.49. The molecule has 1 aliphatic rings. The van der Waals surface area contributed by atoms with Crippen molar-refractivity contribution in [2.24, 2.45) is 5.73 Å². The van der Waals surface area contributed by atoms with Crippen LogP contribution in [0.2, 0.25) is 0 Å². The highest BCUT2D eigenvalue weighted by Gasteiger charge is 2.60. The fourth-order valence-corrected chi connectivity index (χ4v) is 3.61. The first-order valence-electron chi connectivity index (χ1n) is 9.30. The van der Waals surface area contributed by atoms with Crippen LogP contribution < -0.4 is 16.0 Å². The number of nitrogens with two attached hydrogens (primary N) is 1. The number of fused-ring (bicyclic) bond motifs is 3. The van der Waals surface area contributed by atoms with Crippen molar-refractivity contribution in [1.82, 2.24) is 24.8 Å². The summed E-state index contributed by atoms with van der Waals surface area (Å²) in [5, 5.41) is 12.7. The van der Waals surface area contributed by atoms with Crippen LogP contribution in [0.4, 0.5) is 38.1 Å². The van der Waals surface area contributed by atoms with E-state index in [0.717, 1.165) is 22.5 Å². The number of aryl methyl sites for hydroxylation is 1. The van der Waals surface area contributed by atoms with Gasteiger partial charge in [0.25, 0.3) is 12.3 Å². The van der Waals surface area contributed by atoms with Gasteiger partial charge in [-0.1, -0.05) is 0 Å². The van der Waals surface area contributed by atoms with Crippen molar-refractivity contribution >= 4 is 29.0 Å². The number of anilines is 2. The zero-order valence-corrected chi connectivity index (χ0v) is 17.0. The maximum absolute atomic E-state index is 14.2. The van der Waals surface area contributed by atoms with Crippen LogP contribution in [-0.2, 0) is 5.41 Å². The predicted octanol–water partition coefficient (Wildman–Crippen LogP) is 2.74. The number of amides is 3. The Morgan fingerprint density at radius 1 is 1.24 bits per heavy atom. The van der Waals surface area contributed by atoms with Gasteiger partial charge in [0.1, 0.15) is 11.1 Å². The summed E-state index contributed by atoms with van der Waals surface area (Å²) in [6.07, 6.45) is -6.78. The molecule has 0 saturated carbocycles. The van der Waals surface area contributed by atoms with Gasteiger partial charge in [-0.3, -0.25) is 9.69 Å². The number of primary amides is 1. The fourth-order valence-electron chi connectivity index (χ4n) is 3.61. The third kappa shape index (κ3) is 3.48. The number of alkyl halides is 5. The van der Waals surface area contributed by atoms with Crippen LogP contribution in [0.1, 0.15) is 40.9 Å². The number of carbonyl (C=O) groups excluding carboxylic acids is 2. The Bertz CT molecular complexity index is 1290. The first-order chi connectivity index (χ1) is 15.3. The van der Waals surface area contributed by atoms with Crippen LogP contribution in [0.5, 0.6) is 0 Å². The van der Waals surface area contributed by atoms with Gasteiger partial charge in [0, 0.05) is 12.6 Å². The van der Waals surface area contributed by atoms with E-state index in [0.29, 0.717) is 11.8 Å². The molecule has 4 heterocycles. The zero-order chi connectivity index (χ0) is 24.3. The number of rotatable bonds is 3. The average Bonchev–Trinajstić information content (AvgIpc) is 3.24. The average molecular weight is 470 g/mol. The summed E-state index contributed by atoms with van der Waals surface area (Å²) in [7, 11) is 0. The van der Waals surface area contributed by atoms with Gasteiger partial charge >= 0.3 is 12.2 Å². The van der Waals surface area contributed by atoms with Crippen LogP contribution in [-0.4, -0.2) is 49.5 Å². The van der Waals surface area contributed by atoms with Crippen LogP contribution in [0.15, 0.2) is 18.3 Å². The Labute approximate surface area is 181 Å². The molecule has 0 saturated heterocycles. The number of aromatic nitrogens is 5. The highest BCUT2D eigenvalue weighted by molar-refractivity contribution is 6.07. The maximum Gasteiger partial charge on any atom is 0.401 e. The lowest BCUT2D eigenvalue weighted by molar-refractivity contribution is -0.181. The third-order valence-corrected chi connectivity index (χ3v) is 5.26. The van der Waals surface area contributed by atoms with Gasteiger partial charge < -0.3 is 11.1 Å². The van der Waals surface area contributed by atoms with Crippen molar-refractivity contribution in [2.45, 2.75) is 31.9 Å². The van der Waals surface area contributed by atoms with Gasteiger partial charge in [0.05, 0.1) is 29.0 Å². The highest BCUT2D eigenvalue weighted by atomic mass is 19.4. The van der Waals surface area contributed by atoms with E-state index < -0.39 is 53.6 Å². The van der Waals surface area contributed by atoms with Crippen molar-refractivity contribution in [1.29, 1.82) is 0 Å². The van der Waals surface area contributed by atoms with E-state index in [2.05, 4.69) is 25.6 Å². The van der Waals surface area contributed by atoms with Gasteiger partial charge in [0.2, 0.25) is 0 Å². The largest absolute Gasteiger partial charge is 0.401 e. The first kappa shape index (κ1) is 22.3. The first-order valence-corrected chi connectivity index (χ1v) is 9.30. The Kier molecular flexibility index (Phi) is 4.94. The number of urea groups is 1. The second-order valence-electron chi connectivity index (χ2n) is 7.59. The second kappa shape index (κ2) is 7.31. The molecule has 3 aromatic heterocycles. The molecule has 0 bridgehead atoms. The molecule has 0 fully saturated rings. The number of nitrogens with one attached hydrogen (secondary N) is 1. The number of nitrogens with zero attached hydrogens (tertiary/aromatic N) is 6. The van der Waals surface area contributed by atoms with Gasteiger partial charge in [0.15, 0.2) is 11.3 Å². The molecule has 15 heteroatoms. The fraction of sp³-hybridized carbons (Fsp3) is 0.333. The van der Waals surface area contributed by atoms with Gasteiger partial charge in [-0.25, -0.2) is 23.1 Å². The lowest BCUT2D eigenvalue weighted by Gasteiger charge is -2.28. The molecule has 33 heavy (non-hydrogen) atoms. The summed E-state index contributed by atoms with van der Waals surface area (Å²) in [5.41, 5.74) is 0.638. The van der Waals surface area contributed by atoms with Crippen LogP contribution >= 0.6 is 0 Å². The summed E-state index contributed by atoms with van der Waals surface area (Å²) in [6, 6.07) is 1.01. The lowest BCUT2D eigenvalue weighted by atomic mass is 9.88. The molecule has 0 radical (unpaired) electrons. The van der Waals surface area contributed by atoms with Crippen molar-refractivity contribution < 1.29 is 31.5 Å². The quantitative estimate of drug-likeness (QED) is 0.566. The molecular formula is C18H15F5N8O2. The third-order valence-electron chi connectivity index (χ3n) is 5.26. The van der Waals surface area contributed by atoms with Crippen molar-refractivity contribution in [3.63, 3.8) is 0 Å². The Hall–Kier alpha value is -3.91. The summed E-state index contributed by atoms with van der Waals surface area (Å²) in [4.78, 5) is 29.4. The summed E-state index contributed by atoms with van der Waals surface area (Å²) in [6.45, 7) is 1.63. The molecule has 174 valence electrons. The molecule has 10 nitrogen and oxygen atoms in total. The van der Waals surface area contributed by atoms with E-state index in [-0.39, 0.29) is 17.0 Å². The summed E-state index contributed by atoms with van der Waals surface area (Å²) < 4.78 is 69.5. The normalized spacial score (nSPS) is 18.1. The Morgan fingerprint density at radius 2 is 1.94 bits per heavy atom. The Balaban J connectivity index is 1.81. The predicted molar refractivity (Wildman–Crippen MR) is 103 cm³/mol. The second-order valence-corrected chi connectivity index (χ2v) is 7.59. The van der Waals surface area contributed by atoms with Gasteiger partial charge in [-0.2, -0.15) is 18.3 Å². The molecule has 0 aromatic carbocycles. The van der Waals surface area contributed by atoms with Crippen molar-refractivity contribution in [2.75, 3.05) is 16.8 Å². The van der Waals surface area contributed by atoms with Crippen LogP contribution in [0.25, 0.3) is 5.65 Å². The van der Waals surface area contributed by atoms with E-state index in [1.165, 1.54) is 6.07 Å². The number of hydrogen-bond acceptors (Lipinski definition) is 6. The molecular weight excluding hydrogens is 455 g/mol. The van der Waals surface area contributed by atoms with Gasteiger partial charge in [-0.05, 0) is 19.9 Å². The number of halogens is 5. The zero-order valence-electron chi connectivity index (χ0n) is 17.0. The van der Waals surface area contributed by atoms with E-state index in [9.17, 15) is 31.5 Å². The van der Waals surface area contributed by atoms with Crippen molar-refractivity contribution in [3.05, 3.63) is 41.1 Å². The molecule has 0 aliphatic carbocycles. The minimum Gasteiger partial charge on any atom is -0.364 e. The molecule has 0 unspecified atom stereocenters. The molecule has 4 rings (SSSR count). The SMILES string of the molecule is Cc1cc2ncc3c(n2n1)[C@](C)(C(F)(F)F)CN3C(=O)Nc1cc(C(F)F)nnc1C(N)=O. The molecule has 3 aromatic rings. The molecule has 3 N–H and O–H groups in total. The van der Waals surface area contributed by atoms with Gasteiger partial charge in [-0.15, -0.1) is 10.2 Å².